The number of fused-ring (bicyclic) bond motifs is 2. The summed E-state index contributed by atoms with van der Waals surface area (Å²) in [6.45, 7) is 3.56. The molecule has 9 nitrogen and oxygen atoms in total. The summed E-state index contributed by atoms with van der Waals surface area (Å²) >= 11 is 0. The number of carbonyl (C=O) groups is 2. The molecule has 5 heterocycles. The number of aromatic amines is 1. The minimum Gasteiger partial charge on any atom is -0.465 e. The number of nitrogens with one attached hydrogen (secondary N) is 1. The van der Waals surface area contributed by atoms with E-state index in [1.165, 1.54) is 11.2 Å². The van der Waals surface area contributed by atoms with E-state index in [1.807, 2.05) is 12.4 Å². The first-order valence-corrected chi connectivity index (χ1v) is 12.1. The standard InChI is InChI=1S/C27H26N6O3/c1-16-12-29-25-20(16)11-19(13-30-25)18-9-17-5-8-32(26(34)23-4-6-28-15-31-23)14-22(17)21(10-18)24-3-2-7-33(24)27(35)36/h4,6,9-13,15,24H,2-3,5,7-8,14H2,1H3,(H,29,30)(H,35,36)/t24-/m0/s1. The number of carboxylic acid groups (broad SMARTS) is 1. The van der Waals surface area contributed by atoms with E-state index in [0.29, 0.717) is 31.7 Å². The van der Waals surface area contributed by atoms with Gasteiger partial charge in [0.2, 0.25) is 0 Å². The number of hydrogen-bond donors (Lipinski definition) is 2. The van der Waals surface area contributed by atoms with Crippen molar-refractivity contribution in [1.82, 2.24) is 29.7 Å². The molecule has 0 radical (unpaired) electrons. The van der Waals surface area contributed by atoms with Gasteiger partial charge in [0, 0.05) is 49.2 Å². The summed E-state index contributed by atoms with van der Waals surface area (Å²) < 4.78 is 0. The predicted molar refractivity (Wildman–Crippen MR) is 133 cm³/mol. The van der Waals surface area contributed by atoms with Gasteiger partial charge in [-0.1, -0.05) is 6.07 Å². The quantitative estimate of drug-likeness (QED) is 0.449. The fourth-order valence-corrected chi connectivity index (χ4v) is 5.53. The van der Waals surface area contributed by atoms with Crippen molar-refractivity contribution < 1.29 is 14.7 Å². The van der Waals surface area contributed by atoms with E-state index in [1.54, 1.807) is 17.2 Å². The van der Waals surface area contributed by atoms with Crippen LogP contribution in [0, 0.1) is 6.92 Å². The molecule has 1 saturated heterocycles. The monoisotopic (exact) mass is 482 g/mol. The number of aromatic nitrogens is 4. The second-order valence-electron chi connectivity index (χ2n) is 9.50. The molecule has 0 bridgehead atoms. The zero-order valence-corrected chi connectivity index (χ0v) is 19.9. The molecule has 0 unspecified atom stereocenters. The molecule has 4 aromatic rings. The Morgan fingerprint density at radius 1 is 1.14 bits per heavy atom. The maximum atomic E-state index is 13.2. The van der Waals surface area contributed by atoms with Crippen LogP contribution in [0.25, 0.3) is 22.2 Å². The Labute approximate surface area is 207 Å². The second-order valence-corrected chi connectivity index (χ2v) is 9.50. The SMILES string of the molecule is Cc1c[nH]c2ncc(-c3cc4c(c([C@@H]5CCCN5C(=O)O)c3)CN(C(=O)c3ccncn3)CC4)cc12. The zero-order chi connectivity index (χ0) is 24.8. The number of carbonyl (C=O) groups excluding carboxylic acids is 1. The Hall–Kier alpha value is -4.27. The van der Waals surface area contributed by atoms with E-state index in [4.69, 9.17) is 0 Å². The molecule has 0 saturated carbocycles. The molecule has 3 aromatic heterocycles. The van der Waals surface area contributed by atoms with Gasteiger partial charge in [-0.15, -0.1) is 0 Å². The van der Waals surface area contributed by atoms with Gasteiger partial charge < -0.3 is 19.9 Å². The lowest BCUT2D eigenvalue weighted by Gasteiger charge is -2.33. The van der Waals surface area contributed by atoms with Gasteiger partial charge in [-0.25, -0.2) is 19.7 Å². The highest BCUT2D eigenvalue weighted by molar-refractivity contribution is 5.92. The number of H-pyrrole nitrogens is 1. The van der Waals surface area contributed by atoms with E-state index in [9.17, 15) is 14.7 Å². The maximum Gasteiger partial charge on any atom is 0.407 e. The fraction of sp³-hybridized carbons (Fsp3) is 0.296. The summed E-state index contributed by atoms with van der Waals surface area (Å²) in [5.74, 6) is -0.142. The Morgan fingerprint density at radius 3 is 2.83 bits per heavy atom. The van der Waals surface area contributed by atoms with Crippen LogP contribution in [0.2, 0.25) is 0 Å². The number of amides is 2. The number of nitrogens with zero attached hydrogens (tertiary/aromatic N) is 5. The predicted octanol–water partition coefficient (Wildman–Crippen LogP) is 4.34. The minimum absolute atomic E-state index is 0.142. The van der Waals surface area contributed by atoms with Gasteiger partial charge >= 0.3 is 6.09 Å². The summed E-state index contributed by atoms with van der Waals surface area (Å²) in [4.78, 5) is 44.4. The molecule has 182 valence electrons. The van der Waals surface area contributed by atoms with E-state index >= 15 is 0 Å². The van der Waals surface area contributed by atoms with Crippen molar-refractivity contribution in [2.75, 3.05) is 13.1 Å². The molecule has 1 fully saturated rings. The van der Waals surface area contributed by atoms with Crippen LogP contribution < -0.4 is 0 Å². The van der Waals surface area contributed by atoms with Crippen molar-refractivity contribution in [3.63, 3.8) is 0 Å². The third-order valence-electron chi connectivity index (χ3n) is 7.39. The lowest BCUT2D eigenvalue weighted by molar-refractivity contribution is 0.0726. The molecule has 2 N–H and O–H groups in total. The van der Waals surface area contributed by atoms with Crippen molar-refractivity contribution in [2.24, 2.45) is 0 Å². The maximum absolute atomic E-state index is 13.2. The van der Waals surface area contributed by atoms with Crippen LogP contribution in [0.4, 0.5) is 4.79 Å². The molecule has 1 atom stereocenters. The van der Waals surface area contributed by atoms with Crippen LogP contribution in [0.1, 0.15) is 51.6 Å². The van der Waals surface area contributed by atoms with Crippen molar-refractivity contribution >= 4 is 23.0 Å². The first-order chi connectivity index (χ1) is 17.5. The van der Waals surface area contributed by atoms with Crippen LogP contribution in [-0.4, -0.2) is 59.9 Å². The van der Waals surface area contributed by atoms with Crippen LogP contribution in [0.3, 0.4) is 0 Å². The summed E-state index contributed by atoms with van der Waals surface area (Å²) in [5, 5.41) is 11.0. The van der Waals surface area contributed by atoms with Gasteiger partial charge in [0.1, 0.15) is 17.7 Å². The van der Waals surface area contributed by atoms with Gasteiger partial charge in [0.05, 0.1) is 6.04 Å². The largest absolute Gasteiger partial charge is 0.465 e. The summed E-state index contributed by atoms with van der Waals surface area (Å²) in [7, 11) is 0. The molecular formula is C27H26N6O3. The highest BCUT2D eigenvalue weighted by Gasteiger charge is 2.34. The van der Waals surface area contributed by atoms with Crippen molar-refractivity contribution in [3.05, 3.63) is 77.1 Å². The van der Waals surface area contributed by atoms with E-state index in [0.717, 1.165) is 57.3 Å². The molecule has 0 spiro atoms. The van der Waals surface area contributed by atoms with Crippen molar-refractivity contribution in [1.29, 1.82) is 0 Å². The normalized spacial score (nSPS) is 17.4. The molecule has 1 aromatic carbocycles. The summed E-state index contributed by atoms with van der Waals surface area (Å²) in [6, 6.07) is 7.80. The average Bonchev–Trinajstić information content (AvgIpc) is 3.55. The van der Waals surface area contributed by atoms with Crippen LogP contribution in [0.15, 0.2) is 49.2 Å². The first kappa shape index (κ1) is 22.2. The van der Waals surface area contributed by atoms with Crippen LogP contribution >= 0.6 is 0 Å². The highest BCUT2D eigenvalue weighted by Crippen LogP contribution is 2.40. The summed E-state index contributed by atoms with van der Waals surface area (Å²) in [5.41, 5.74) is 7.52. The Bertz CT molecular complexity index is 1480. The van der Waals surface area contributed by atoms with Gasteiger partial charge in [0.25, 0.3) is 5.91 Å². The highest BCUT2D eigenvalue weighted by atomic mass is 16.4. The van der Waals surface area contributed by atoms with Crippen LogP contribution in [-0.2, 0) is 13.0 Å². The average molecular weight is 483 g/mol. The van der Waals surface area contributed by atoms with Gasteiger partial charge in [-0.05, 0) is 72.2 Å². The van der Waals surface area contributed by atoms with Gasteiger partial charge in [-0.3, -0.25) is 4.79 Å². The zero-order valence-electron chi connectivity index (χ0n) is 19.9. The first-order valence-electron chi connectivity index (χ1n) is 12.1. The fourth-order valence-electron chi connectivity index (χ4n) is 5.53. The Balaban J connectivity index is 1.44. The molecule has 36 heavy (non-hydrogen) atoms. The molecule has 2 aliphatic rings. The lowest BCUT2D eigenvalue weighted by atomic mass is 9.86. The molecule has 2 amide bonds. The molecule has 0 aliphatic carbocycles. The number of likely N-dealkylation sites (tertiary alicyclic amines) is 1. The molecule has 9 heteroatoms. The number of pyridine rings is 1. The lowest BCUT2D eigenvalue weighted by Crippen LogP contribution is -2.38. The number of aryl methyl sites for hydroxylation is 1. The van der Waals surface area contributed by atoms with Gasteiger partial charge in [0.15, 0.2) is 0 Å². The van der Waals surface area contributed by atoms with E-state index in [-0.39, 0.29) is 11.9 Å². The van der Waals surface area contributed by atoms with E-state index < -0.39 is 6.09 Å². The minimum atomic E-state index is -0.910. The third kappa shape index (κ3) is 3.77. The number of hydrogen-bond acceptors (Lipinski definition) is 5. The Morgan fingerprint density at radius 2 is 2.03 bits per heavy atom. The van der Waals surface area contributed by atoms with Crippen molar-refractivity contribution in [3.8, 4) is 11.1 Å². The topological polar surface area (TPSA) is 115 Å². The van der Waals surface area contributed by atoms with Gasteiger partial charge in [-0.2, -0.15) is 0 Å². The number of rotatable bonds is 3. The van der Waals surface area contributed by atoms with Crippen LogP contribution in [0.5, 0.6) is 0 Å². The molecule has 2 aliphatic heterocycles. The molecule has 6 rings (SSSR count). The van der Waals surface area contributed by atoms with Crippen molar-refractivity contribution in [2.45, 2.75) is 38.8 Å². The van der Waals surface area contributed by atoms with E-state index in [2.05, 4.69) is 45.1 Å². The number of benzene rings is 1. The summed E-state index contributed by atoms with van der Waals surface area (Å²) in [6.07, 6.45) is 8.11. The molecular weight excluding hydrogens is 456 g/mol. The third-order valence-corrected chi connectivity index (χ3v) is 7.39. The Kier molecular flexibility index (Phi) is 5.40. The second kappa shape index (κ2) is 8.75. The smallest absolute Gasteiger partial charge is 0.407 e.